The van der Waals surface area contributed by atoms with E-state index in [4.69, 9.17) is 37.0 Å². The first-order chi connectivity index (χ1) is 47.6. The minimum absolute atomic E-state index is 0.105. The zero-order chi connectivity index (χ0) is 73.1. The molecule has 0 saturated heterocycles. The van der Waals surface area contributed by atoms with Crippen molar-refractivity contribution in [3.05, 3.63) is 0 Å². The van der Waals surface area contributed by atoms with Crippen molar-refractivity contribution >= 4 is 39.5 Å². The largest absolute Gasteiger partial charge is 0.472 e. The molecule has 0 spiro atoms. The molecule has 4 unspecified atom stereocenters. The first-order valence-electron chi connectivity index (χ1n) is 41.2. The quantitative estimate of drug-likeness (QED) is 0.0222. The monoisotopic (exact) mass is 1450 g/mol. The minimum Gasteiger partial charge on any atom is -0.462 e. The number of hydrogen-bond donors (Lipinski definition) is 3. The summed E-state index contributed by atoms with van der Waals surface area (Å²) in [5.41, 5.74) is 0. The number of phosphoric ester groups is 2. The lowest BCUT2D eigenvalue weighted by molar-refractivity contribution is -0.161. The van der Waals surface area contributed by atoms with Crippen LogP contribution in [0.15, 0.2) is 0 Å². The molecule has 0 saturated carbocycles. The van der Waals surface area contributed by atoms with Crippen molar-refractivity contribution in [2.45, 2.75) is 427 Å². The van der Waals surface area contributed by atoms with Gasteiger partial charge in [-0.2, -0.15) is 0 Å². The predicted molar refractivity (Wildman–Crippen MR) is 404 cm³/mol. The Bertz CT molecular complexity index is 1940. The Morgan fingerprint density at radius 1 is 0.283 bits per heavy atom. The molecule has 3 N–H and O–H groups in total. The van der Waals surface area contributed by atoms with Gasteiger partial charge in [0, 0.05) is 25.7 Å². The normalized spacial score (nSPS) is 14.3. The molecule has 0 aliphatic carbocycles. The summed E-state index contributed by atoms with van der Waals surface area (Å²) >= 11 is 0. The van der Waals surface area contributed by atoms with Crippen LogP contribution in [0, 0.1) is 23.7 Å². The van der Waals surface area contributed by atoms with E-state index in [0.29, 0.717) is 31.6 Å². The van der Waals surface area contributed by atoms with Gasteiger partial charge in [0.15, 0.2) is 12.2 Å². The third kappa shape index (κ3) is 72.8. The average molecular weight is 1450 g/mol. The fraction of sp³-hybridized carbons (Fsp3) is 0.950. The van der Waals surface area contributed by atoms with Crippen molar-refractivity contribution in [2.24, 2.45) is 23.7 Å². The molecule has 0 aromatic rings. The Labute approximate surface area is 607 Å². The highest BCUT2D eigenvalue weighted by atomic mass is 31.2. The molecule has 0 amide bonds. The summed E-state index contributed by atoms with van der Waals surface area (Å²) in [7, 11) is -9.92. The van der Waals surface area contributed by atoms with Gasteiger partial charge in [-0.1, -0.05) is 357 Å². The van der Waals surface area contributed by atoms with E-state index in [1.54, 1.807) is 0 Å². The highest BCUT2D eigenvalue weighted by Crippen LogP contribution is 2.45. The molecule has 99 heavy (non-hydrogen) atoms. The second-order valence-corrected chi connectivity index (χ2v) is 33.4. The van der Waals surface area contributed by atoms with Crippen molar-refractivity contribution in [3.63, 3.8) is 0 Å². The molecule has 17 nitrogen and oxygen atoms in total. The molecule has 0 aromatic carbocycles. The van der Waals surface area contributed by atoms with Crippen molar-refractivity contribution < 1.29 is 80.2 Å². The standard InChI is InChI=1S/C80H156O17P2/c1-9-73(8)59-51-43-35-29-30-38-47-55-63-80(85)97-75(66-90-77(82)60-52-44-36-27-23-19-15-11-10-13-17-21-25-32-40-48-56-70(2)3)68-94-98(86,87)92-64-74(81)65-93-99(88,89)95-69-76(67-91-78(83)61-53-45-39-31-34-42-50-58-72(6)7)96-79(84)62-54-46-37-28-24-20-16-12-14-18-22-26-33-41-49-57-71(4)5/h70-76,81H,9-69H2,1-8H3,(H,86,87)(H,88,89)/t73?,74?,75-,76-/m1/s1. The number of phosphoric acid groups is 2. The Morgan fingerprint density at radius 3 is 0.717 bits per heavy atom. The van der Waals surface area contributed by atoms with Gasteiger partial charge in [0.1, 0.15) is 19.3 Å². The SMILES string of the molecule is CCC(C)CCCCCCCCCCC(=O)O[C@H](COC(=O)CCCCCCCCCCCCCCCCCCC(C)C)COP(=O)(O)OCC(O)COP(=O)(O)OC[C@@H](COC(=O)CCCCCCCCCC(C)C)OC(=O)CCCCCCCCCCCCCCCCCC(C)C. The summed E-state index contributed by atoms with van der Waals surface area (Å²) in [6.07, 6.45) is 55.6. The predicted octanol–water partition coefficient (Wildman–Crippen LogP) is 23.6. The Hall–Kier alpha value is -1.94. The Kier molecular flexibility index (Phi) is 67.8. The maximum atomic E-state index is 13.1. The number of ether oxygens (including phenoxy) is 4. The summed E-state index contributed by atoms with van der Waals surface area (Å²) in [6.45, 7) is 14.2. The zero-order valence-electron chi connectivity index (χ0n) is 65.1. The second-order valence-electron chi connectivity index (χ2n) is 30.5. The van der Waals surface area contributed by atoms with Gasteiger partial charge >= 0.3 is 39.5 Å². The molecule has 0 fully saturated rings. The van der Waals surface area contributed by atoms with Crippen LogP contribution >= 0.6 is 15.6 Å². The van der Waals surface area contributed by atoms with Crippen molar-refractivity contribution in [2.75, 3.05) is 39.6 Å². The second kappa shape index (κ2) is 69.1. The van der Waals surface area contributed by atoms with E-state index in [-0.39, 0.29) is 25.7 Å². The summed E-state index contributed by atoms with van der Waals surface area (Å²) in [6, 6.07) is 0. The zero-order valence-corrected chi connectivity index (χ0v) is 66.9. The molecule has 6 atom stereocenters. The van der Waals surface area contributed by atoms with Gasteiger partial charge < -0.3 is 33.8 Å². The van der Waals surface area contributed by atoms with E-state index < -0.39 is 97.5 Å². The molecular weight excluding hydrogens is 1290 g/mol. The Morgan fingerprint density at radius 2 is 0.485 bits per heavy atom. The first-order valence-corrected chi connectivity index (χ1v) is 44.2. The number of aliphatic hydroxyl groups is 1. The number of unbranched alkanes of at least 4 members (excludes halogenated alkanes) is 42. The summed E-state index contributed by atoms with van der Waals surface area (Å²) < 4.78 is 68.6. The summed E-state index contributed by atoms with van der Waals surface area (Å²) in [5.74, 6) is 0.972. The first kappa shape index (κ1) is 97.1. The van der Waals surface area contributed by atoms with Crippen LogP contribution in [0.3, 0.4) is 0 Å². The van der Waals surface area contributed by atoms with Crippen LogP contribution in [0.4, 0.5) is 0 Å². The molecule has 0 aromatic heterocycles. The number of hydrogen-bond acceptors (Lipinski definition) is 15. The number of carbonyl (C=O) groups excluding carboxylic acids is 4. The smallest absolute Gasteiger partial charge is 0.462 e. The maximum Gasteiger partial charge on any atom is 0.472 e. The highest BCUT2D eigenvalue weighted by Gasteiger charge is 2.30. The Balaban J connectivity index is 5.20. The molecule has 588 valence electrons. The highest BCUT2D eigenvalue weighted by molar-refractivity contribution is 7.47. The van der Waals surface area contributed by atoms with Crippen LogP contribution in [0.1, 0.15) is 409 Å². The molecule has 0 aliphatic rings. The number of esters is 4. The van der Waals surface area contributed by atoms with E-state index in [2.05, 4.69) is 55.4 Å². The molecule has 0 aliphatic heterocycles. The van der Waals surface area contributed by atoms with Crippen molar-refractivity contribution in [1.82, 2.24) is 0 Å². The lowest BCUT2D eigenvalue weighted by Gasteiger charge is -2.21. The minimum atomic E-state index is -4.96. The van der Waals surface area contributed by atoms with Gasteiger partial charge in [-0.15, -0.1) is 0 Å². The molecular formula is C80H156O17P2. The van der Waals surface area contributed by atoms with Gasteiger partial charge in [0.2, 0.25) is 0 Å². The van der Waals surface area contributed by atoms with Crippen LogP contribution in [-0.4, -0.2) is 96.7 Å². The molecule has 0 bridgehead atoms. The third-order valence-corrected chi connectivity index (χ3v) is 20.8. The van der Waals surface area contributed by atoms with E-state index >= 15 is 0 Å². The third-order valence-electron chi connectivity index (χ3n) is 18.9. The molecule has 0 rings (SSSR count). The summed E-state index contributed by atoms with van der Waals surface area (Å²) in [4.78, 5) is 72.9. The lowest BCUT2D eigenvalue weighted by Crippen LogP contribution is -2.30. The van der Waals surface area contributed by atoms with Crippen LogP contribution in [0.25, 0.3) is 0 Å². The van der Waals surface area contributed by atoms with Gasteiger partial charge in [-0.05, 0) is 49.4 Å². The fourth-order valence-corrected chi connectivity index (χ4v) is 13.8. The summed E-state index contributed by atoms with van der Waals surface area (Å²) in [5, 5.41) is 10.6. The average Bonchev–Trinajstić information content (AvgIpc) is 1.48. The molecule has 0 radical (unpaired) electrons. The van der Waals surface area contributed by atoms with Crippen molar-refractivity contribution in [3.8, 4) is 0 Å². The van der Waals surface area contributed by atoms with E-state index in [9.17, 15) is 43.2 Å². The fourth-order valence-electron chi connectivity index (χ4n) is 12.2. The van der Waals surface area contributed by atoms with E-state index in [0.717, 1.165) is 114 Å². The maximum absolute atomic E-state index is 13.1. The van der Waals surface area contributed by atoms with Gasteiger partial charge in [-0.25, -0.2) is 9.13 Å². The van der Waals surface area contributed by atoms with E-state index in [1.807, 2.05) is 0 Å². The number of aliphatic hydroxyl groups excluding tert-OH is 1. The van der Waals surface area contributed by atoms with Crippen molar-refractivity contribution in [1.29, 1.82) is 0 Å². The van der Waals surface area contributed by atoms with Crippen LogP contribution in [0.5, 0.6) is 0 Å². The lowest BCUT2D eigenvalue weighted by atomic mass is 9.99. The van der Waals surface area contributed by atoms with Gasteiger partial charge in [-0.3, -0.25) is 37.3 Å². The molecule has 19 heteroatoms. The topological polar surface area (TPSA) is 237 Å². The molecule has 0 heterocycles. The number of carbonyl (C=O) groups is 4. The van der Waals surface area contributed by atoms with Crippen LogP contribution < -0.4 is 0 Å². The van der Waals surface area contributed by atoms with Gasteiger partial charge in [0.25, 0.3) is 0 Å². The number of rotatable bonds is 77. The van der Waals surface area contributed by atoms with Gasteiger partial charge in [0.05, 0.1) is 26.4 Å². The van der Waals surface area contributed by atoms with Crippen LogP contribution in [0.2, 0.25) is 0 Å². The van der Waals surface area contributed by atoms with Crippen LogP contribution in [-0.2, 0) is 65.4 Å². The van der Waals surface area contributed by atoms with E-state index in [1.165, 1.54) is 205 Å².